The van der Waals surface area contributed by atoms with Crippen LogP contribution in [0.4, 0.5) is 0 Å². The van der Waals surface area contributed by atoms with Crippen LogP contribution in [0.5, 0.6) is 0 Å². The van der Waals surface area contributed by atoms with Crippen molar-refractivity contribution in [3.8, 4) is 0 Å². The highest BCUT2D eigenvalue weighted by Crippen LogP contribution is 2.34. The standard InChI is InChI=1S/C29H36N4O2.ClH/c1-29(25-6-4-3-5-7-25,31-27(34)24-9-8-23-10-15-30-26(23)20-24)28(35)33-18-13-22(14-19-33)21-11-16-32(2)17-12-21;/h3-10,15,20-22,30H,11-14,16-19H2,1-2H3,(H,31,34);1H/t29-;/m1./s1. The van der Waals surface area contributed by atoms with E-state index in [-0.39, 0.29) is 24.2 Å². The smallest absolute Gasteiger partial charge is 0.252 e. The number of likely N-dealkylation sites (tertiary alicyclic amines) is 2. The number of H-pyrrole nitrogens is 1. The molecule has 0 bridgehead atoms. The Morgan fingerprint density at radius 1 is 0.917 bits per heavy atom. The number of rotatable bonds is 5. The molecule has 2 fully saturated rings. The van der Waals surface area contributed by atoms with Gasteiger partial charge in [0.1, 0.15) is 5.54 Å². The molecule has 0 radical (unpaired) electrons. The molecule has 36 heavy (non-hydrogen) atoms. The normalized spacial score (nSPS) is 19.4. The minimum atomic E-state index is -1.14. The second kappa shape index (κ2) is 11.1. The lowest BCUT2D eigenvalue weighted by molar-refractivity contribution is -0.139. The Morgan fingerprint density at radius 3 is 2.22 bits per heavy atom. The topological polar surface area (TPSA) is 68.4 Å². The maximum atomic E-state index is 14.0. The second-order valence-corrected chi connectivity index (χ2v) is 10.5. The number of halogens is 1. The average Bonchev–Trinajstić information content (AvgIpc) is 3.37. The molecule has 5 rings (SSSR count). The maximum absolute atomic E-state index is 14.0. The van der Waals surface area contributed by atoms with Crippen molar-refractivity contribution in [1.29, 1.82) is 0 Å². The Hall–Kier alpha value is -2.83. The number of piperidine rings is 2. The van der Waals surface area contributed by atoms with Crippen molar-refractivity contribution in [2.75, 3.05) is 33.2 Å². The van der Waals surface area contributed by atoms with Gasteiger partial charge in [0.25, 0.3) is 11.8 Å². The van der Waals surface area contributed by atoms with Crippen LogP contribution in [-0.4, -0.2) is 59.8 Å². The van der Waals surface area contributed by atoms with Crippen LogP contribution in [0.25, 0.3) is 10.9 Å². The lowest BCUT2D eigenvalue weighted by Gasteiger charge is -2.42. The van der Waals surface area contributed by atoms with Crippen LogP contribution in [-0.2, 0) is 10.3 Å². The summed E-state index contributed by atoms with van der Waals surface area (Å²) in [7, 11) is 2.20. The number of carbonyl (C=O) groups excluding carboxylic acids is 2. The monoisotopic (exact) mass is 508 g/mol. The van der Waals surface area contributed by atoms with Crippen LogP contribution >= 0.6 is 12.4 Å². The molecular formula is C29H37ClN4O2. The number of aromatic nitrogens is 1. The number of fused-ring (bicyclic) bond motifs is 1. The summed E-state index contributed by atoms with van der Waals surface area (Å²) in [5, 5.41) is 4.16. The molecule has 0 unspecified atom stereocenters. The first-order valence-electron chi connectivity index (χ1n) is 12.9. The molecule has 0 aliphatic carbocycles. The van der Waals surface area contributed by atoms with Gasteiger partial charge in [-0.2, -0.15) is 0 Å². The SMILES string of the molecule is CN1CCC(C2CCN(C(=O)[C@](C)(NC(=O)c3ccc4cc[nH]c4c3)c3ccccc3)CC2)CC1.Cl. The molecule has 2 N–H and O–H groups in total. The van der Waals surface area contributed by atoms with Crippen molar-refractivity contribution in [1.82, 2.24) is 20.1 Å². The van der Waals surface area contributed by atoms with Gasteiger partial charge in [-0.1, -0.05) is 36.4 Å². The fourth-order valence-electron chi connectivity index (χ4n) is 5.90. The minimum absolute atomic E-state index is 0. The molecule has 2 aliphatic rings. The van der Waals surface area contributed by atoms with Crippen molar-refractivity contribution in [2.24, 2.45) is 11.8 Å². The number of nitrogens with one attached hydrogen (secondary N) is 2. The van der Waals surface area contributed by atoms with Gasteiger partial charge in [-0.05, 0) is 93.7 Å². The molecule has 3 heterocycles. The molecule has 2 saturated heterocycles. The maximum Gasteiger partial charge on any atom is 0.252 e. The second-order valence-electron chi connectivity index (χ2n) is 10.5. The van der Waals surface area contributed by atoms with E-state index in [1.54, 1.807) is 0 Å². The van der Waals surface area contributed by atoms with Crippen LogP contribution in [0.1, 0.15) is 48.5 Å². The lowest BCUT2D eigenvalue weighted by Crippen LogP contribution is -2.57. The molecule has 6 nitrogen and oxygen atoms in total. The van der Waals surface area contributed by atoms with E-state index in [1.165, 1.54) is 25.9 Å². The zero-order valence-corrected chi connectivity index (χ0v) is 22.0. The Morgan fingerprint density at radius 2 is 1.56 bits per heavy atom. The summed E-state index contributed by atoms with van der Waals surface area (Å²) in [6, 6.07) is 17.2. The third-order valence-corrected chi connectivity index (χ3v) is 8.22. The van der Waals surface area contributed by atoms with E-state index in [4.69, 9.17) is 0 Å². The van der Waals surface area contributed by atoms with Crippen molar-refractivity contribution in [3.63, 3.8) is 0 Å². The predicted octanol–water partition coefficient (Wildman–Crippen LogP) is 4.82. The Bertz CT molecular complexity index is 1180. The molecule has 192 valence electrons. The number of amides is 2. The molecular weight excluding hydrogens is 472 g/mol. The molecule has 0 saturated carbocycles. The van der Waals surface area contributed by atoms with E-state index in [9.17, 15) is 9.59 Å². The van der Waals surface area contributed by atoms with Gasteiger partial charge in [-0.3, -0.25) is 9.59 Å². The van der Waals surface area contributed by atoms with Crippen molar-refractivity contribution in [2.45, 2.75) is 38.1 Å². The molecule has 1 aromatic heterocycles. The predicted molar refractivity (Wildman–Crippen MR) is 146 cm³/mol. The number of nitrogens with zero attached hydrogens (tertiary/aromatic N) is 2. The van der Waals surface area contributed by atoms with E-state index in [1.807, 2.05) is 72.6 Å². The molecule has 2 aliphatic heterocycles. The minimum Gasteiger partial charge on any atom is -0.361 e. The highest BCUT2D eigenvalue weighted by Gasteiger charge is 2.41. The lowest BCUT2D eigenvalue weighted by atomic mass is 9.78. The number of carbonyl (C=O) groups is 2. The molecule has 7 heteroatoms. The van der Waals surface area contributed by atoms with Crippen molar-refractivity contribution < 1.29 is 9.59 Å². The number of hydrogen-bond donors (Lipinski definition) is 2. The van der Waals surface area contributed by atoms with Crippen molar-refractivity contribution >= 4 is 35.1 Å². The van der Waals surface area contributed by atoms with Crippen LogP contribution in [0, 0.1) is 11.8 Å². The Kier molecular flexibility index (Phi) is 8.06. The molecule has 2 amide bonds. The van der Waals surface area contributed by atoms with E-state index in [0.717, 1.165) is 48.3 Å². The largest absolute Gasteiger partial charge is 0.361 e. The molecule has 0 spiro atoms. The van der Waals surface area contributed by atoms with Gasteiger partial charge in [-0.15, -0.1) is 12.4 Å². The summed E-state index contributed by atoms with van der Waals surface area (Å²) >= 11 is 0. The first kappa shape index (κ1) is 26.2. The van der Waals surface area contributed by atoms with Crippen LogP contribution in [0.3, 0.4) is 0 Å². The summed E-state index contributed by atoms with van der Waals surface area (Å²) in [6.07, 6.45) is 6.47. The highest BCUT2D eigenvalue weighted by atomic mass is 35.5. The van der Waals surface area contributed by atoms with E-state index in [2.05, 4.69) is 22.2 Å². The van der Waals surface area contributed by atoms with Gasteiger partial charge in [0.2, 0.25) is 0 Å². The number of benzene rings is 2. The summed E-state index contributed by atoms with van der Waals surface area (Å²) in [5.41, 5.74) is 1.11. The number of hydrogen-bond acceptors (Lipinski definition) is 3. The zero-order chi connectivity index (χ0) is 24.4. The summed E-state index contributed by atoms with van der Waals surface area (Å²) in [5.74, 6) is 1.19. The highest BCUT2D eigenvalue weighted by molar-refractivity contribution is 6.01. The van der Waals surface area contributed by atoms with Crippen LogP contribution in [0.15, 0.2) is 60.8 Å². The van der Waals surface area contributed by atoms with Gasteiger partial charge in [0, 0.05) is 30.4 Å². The first-order chi connectivity index (χ1) is 16.9. The van der Waals surface area contributed by atoms with E-state index in [0.29, 0.717) is 11.5 Å². The summed E-state index contributed by atoms with van der Waals surface area (Å²) in [6.45, 7) is 5.70. The molecule has 1 atom stereocenters. The van der Waals surface area contributed by atoms with E-state index >= 15 is 0 Å². The van der Waals surface area contributed by atoms with Gasteiger partial charge in [0.05, 0.1) is 0 Å². The third-order valence-electron chi connectivity index (χ3n) is 8.22. The average molecular weight is 509 g/mol. The Labute approximate surface area is 219 Å². The molecule has 3 aromatic rings. The van der Waals surface area contributed by atoms with Crippen LogP contribution < -0.4 is 5.32 Å². The van der Waals surface area contributed by atoms with Gasteiger partial charge in [0.15, 0.2) is 0 Å². The van der Waals surface area contributed by atoms with Gasteiger partial charge < -0.3 is 20.1 Å². The fraction of sp³-hybridized carbons (Fsp3) is 0.448. The quantitative estimate of drug-likeness (QED) is 0.519. The van der Waals surface area contributed by atoms with E-state index < -0.39 is 5.54 Å². The Balaban J connectivity index is 0.00000304. The molecule has 2 aromatic carbocycles. The summed E-state index contributed by atoms with van der Waals surface area (Å²) in [4.78, 5) is 34.9. The first-order valence-corrected chi connectivity index (χ1v) is 12.9. The van der Waals surface area contributed by atoms with Crippen molar-refractivity contribution in [3.05, 3.63) is 71.9 Å². The third kappa shape index (κ3) is 5.30. The summed E-state index contributed by atoms with van der Waals surface area (Å²) < 4.78 is 0. The van der Waals surface area contributed by atoms with Crippen LogP contribution in [0.2, 0.25) is 0 Å². The van der Waals surface area contributed by atoms with Gasteiger partial charge >= 0.3 is 0 Å². The fourth-order valence-corrected chi connectivity index (χ4v) is 5.90. The van der Waals surface area contributed by atoms with Gasteiger partial charge in [-0.25, -0.2) is 0 Å². The zero-order valence-electron chi connectivity index (χ0n) is 21.2. The number of aromatic amines is 1.